The number of hydrogen-bond donors (Lipinski definition) is 0. The van der Waals surface area contributed by atoms with Crippen LogP contribution in [0.25, 0.3) is 115 Å². The van der Waals surface area contributed by atoms with Crippen molar-refractivity contribution in [3.05, 3.63) is 218 Å². The van der Waals surface area contributed by atoms with Gasteiger partial charge in [-0.3, -0.25) is 0 Å². The molecule has 0 saturated heterocycles. The molecule has 0 spiro atoms. The molecule has 0 radical (unpaired) electrons. The summed E-state index contributed by atoms with van der Waals surface area (Å²) in [6, 6.07) is 77.4. The number of nitrogens with zero attached hydrogens (tertiary/aromatic N) is 4. The summed E-state index contributed by atoms with van der Waals surface area (Å²) in [4.78, 5) is 15.7. The number of aromatic nitrogens is 4. The van der Waals surface area contributed by atoms with Gasteiger partial charge in [0.15, 0.2) is 17.5 Å². The molecule has 0 N–H and O–H groups in total. The summed E-state index contributed by atoms with van der Waals surface area (Å²) in [5.41, 5.74) is 13.2. The second-order valence-electron chi connectivity index (χ2n) is 15.5. The lowest BCUT2D eigenvalue weighted by Crippen LogP contribution is -2.01. The van der Waals surface area contributed by atoms with E-state index in [0.717, 1.165) is 44.6 Å². The Hall–Kier alpha value is -7.99. The molecule has 0 bridgehead atoms. The van der Waals surface area contributed by atoms with Crippen LogP contribution in [0.1, 0.15) is 0 Å². The van der Waals surface area contributed by atoms with Crippen LogP contribution in [0.2, 0.25) is 0 Å². The van der Waals surface area contributed by atoms with E-state index >= 15 is 0 Å². The van der Waals surface area contributed by atoms with Crippen LogP contribution in [-0.2, 0) is 0 Å². The van der Waals surface area contributed by atoms with Crippen LogP contribution in [0.15, 0.2) is 218 Å². The molecule has 290 valence electrons. The Kier molecular flexibility index (Phi) is 8.65. The van der Waals surface area contributed by atoms with Gasteiger partial charge in [0, 0.05) is 58.9 Å². The van der Waals surface area contributed by atoms with Gasteiger partial charge in [0.2, 0.25) is 0 Å². The average Bonchev–Trinajstić information content (AvgIpc) is 3.89. The maximum atomic E-state index is 5.30. The van der Waals surface area contributed by atoms with Crippen molar-refractivity contribution < 1.29 is 0 Å². The van der Waals surface area contributed by atoms with Crippen molar-refractivity contribution >= 4 is 53.3 Å². The molecule has 0 aliphatic heterocycles. The second-order valence-corrected chi connectivity index (χ2v) is 16.6. The first kappa shape index (κ1) is 35.9. The summed E-state index contributed by atoms with van der Waals surface area (Å²) in [7, 11) is 0. The Morgan fingerprint density at radius 2 is 0.855 bits per heavy atom. The smallest absolute Gasteiger partial charge is 0.164 e. The Morgan fingerprint density at radius 1 is 0.306 bits per heavy atom. The molecule has 5 heteroatoms. The number of thiophene rings is 1. The number of hydrogen-bond acceptors (Lipinski definition) is 4. The van der Waals surface area contributed by atoms with E-state index < -0.39 is 0 Å². The van der Waals surface area contributed by atoms with Crippen molar-refractivity contribution in [2.24, 2.45) is 0 Å². The van der Waals surface area contributed by atoms with Crippen molar-refractivity contribution in [1.29, 1.82) is 0 Å². The molecule has 0 saturated carbocycles. The molecule has 3 heterocycles. The van der Waals surface area contributed by atoms with Crippen LogP contribution in [0, 0.1) is 0 Å². The van der Waals surface area contributed by atoms with E-state index in [0.29, 0.717) is 17.5 Å². The third kappa shape index (κ3) is 6.09. The molecule has 4 nitrogen and oxygen atoms in total. The molecule has 3 aromatic heterocycles. The zero-order valence-electron chi connectivity index (χ0n) is 33.5. The number of rotatable bonds is 7. The summed E-state index contributed by atoms with van der Waals surface area (Å²) in [6.45, 7) is 0. The number of fused-ring (bicyclic) bond motifs is 6. The molecule has 62 heavy (non-hydrogen) atoms. The molecule has 0 atom stereocenters. The predicted octanol–water partition coefficient (Wildman–Crippen LogP) is 15.3. The first-order valence-electron chi connectivity index (χ1n) is 20.9. The number of para-hydroxylation sites is 2. The van der Waals surface area contributed by atoms with Crippen LogP contribution in [-0.4, -0.2) is 19.5 Å². The highest BCUT2D eigenvalue weighted by atomic mass is 32.1. The second kappa shape index (κ2) is 14.9. The van der Waals surface area contributed by atoms with E-state index in [1.807, 2.05) is 47.7 Å². The summed E-state index contributed by atoms with van der Waals surface area (Å²) in [5.74, 6) is 1.89. The molecular formula is C57H36N4S. The van der Waals surface area contributed by atoms with Gasteiger partial charge in [-0.2, -0.15) is 0 Å². The highest BCUT2D eigenvalue weighted by Crippen LogP contribution is 2.46. The highest BCUT2D eigenvalue weighted by Gasteiger charge is 2.22. The van der Waals surface area contributed by atoms with Crippen molar-refractivity contribution in [3.8, 4) is 73.2 Å². The zero-order chi connectivity index (χ0) is 41.0. The molecule has 0 unspecified atom stereocenters. The van der Waals surface area contributed by atoms with Crippen molar-refractivity contribution in [2.45, 2.75) is 0 Å². The lowest BCUT2D eigenvalue weighted by atomic mass is 9.90. The fourth-order valence-corrected chi connectivity index (χ4v) is 10.2. The van der Waals surface area contributed by atoms with Crippen molar-refractivity contribution in [1.82, 2.24) is 19.5 Å². The summed E-state index contributed by atoms with van der Waals surface area (Å²) in [5, 5.41) is 4.98. The summed E-state index contributed by atoms with van der Waals surface area (Å²) >= 11 is 1.85. The highest BCUT2D eigenvalue weighted by molar-refractivity contribution is 7.26. The molecule has 0 amide bonds. The summed E-state index contributed by atoms with van der Waals surface area (Å²) in [6.07, 6.45) is 0. The third-order valence-electron chi connectivity index (χ3n) is 11.9. The van der Waals surface area contributed by atoms with E-state index in [1.165, 1.54) is 53.1 Å². The SMILES string of the molecule is c1ccc(-c2nc(-c3ccccc3)nc(-c3cc(-c4ccccc4-c4ccccc4)ccc3-c3cccc4c3sc3cc5c(cc34)c3ccccc3n5-c3ccccc3)n2)cc1. The van der Waals surface area contributed by atoms with E-state index in [2.05, 4.69) is 187 Å². The van der Waals surface area contributed by atoms with Gasteiger partial charge in [0.05, 0.1) is 11.0 Å². The molecule has 0 aliphatic rings. The molecule has 9 aromatic carbocycles. The van der Waals surface area contributed by atoms with E-state index in [9.17, 15) is 0 Å². The largest absolute Gasteiger partial charge is 0.309 e. The molecule has 0 aliphatic carbocycles. The van der Waals surface area contributed by atoms with E-state index in [1.54, 1.807) is 0 Å². The molecule has 12 aromatic rings. The lowest BCUT2D eigenvalue weighted by molar-refractivity contribution is 1.07. The maximum absolute atomic E-state index is 5.30. The summed E-state index contributed by atoms with van der Waals surface area (Å²) < 4.78 is 4.87. The van der Waals surface area contributed by atoms with Crippen LogP contribution in [0.3, 0.4) is 0 Å². The minimum absolute atomic E-state index is 0.624. The Bertz CT molecular complexity index is 3560. The van der Waals surface area contributed by atoms with Gasteiger partial charge in [-0.1, -0.05) is 182 Å². The fourth-order valence-electron chi connectivity index (χ4n) is 8.99. The van der Waals surface area contributed by atoms with Gasteiger partial charge in [-0.15, -0.1) is 11.3 Å². The molecule has 0 fully saturated rings. The number of benzene rings is 9. The molecule has 12 rings (SSSR count). The molecular weight excluding hydrogens is 773 g/mol. The zero-order valence-corrected chi connectivity index (χ0v) is 34.3. The Labute approximate surface area is 362 Å². The van der Waals surface area contributed by atoms with Gasteiger partial charge in [0.25, 0.3) is 0 Å². The van der Waals surface area contributed by atoms with Gasteiger partial charge >= 0.3 is 0 Å². The predicted molar refractivity (Wildman–Crippen MR) is 260 cm³/mol. The van der Waals surface area contributed by atoms with Gasteiger partial charge < -0.3 is 4.57 Å². The minimum atomic E-state index is 0.624. The minimum Gasteiger partial charge on any atom is -0.309 e. The quantitative estimate of drug-likeness (QED) is 0.161. The van der Waals surface area contributed by atoms with Crippen LogP contribution < -0.4 is 0 Å². The standard InChI is InChI=1S/C57H36N4S/c1-5-18-37(19-6-1)42-26-13-14-27-43(42)40-32-33-44(50(34-40)57-59-55(38-20-7-2-8-21-38)58-56(60-57)39-22-9-3-10-23-39)46-29-17-30-47-49-35-48-45-28-15-16-31-51(45)61(41-24-11-4-12-25-41)52(48)36-53(49)62-54(46)47/h1-36H. The normalized spacial score (nSPS) is 11.5. The average molecular weight is 809 g/mol. The maximum Gasteiger partial charge on any atom is 0.164 e. The van der Waals surface area contributed by atoms with Gasteiger partial charge in [0.1, 0.15) is 0 Å². The third-order valence-corrected chi connectivity index (χ3v) is 13.1. The van der Waals surface area contributed by atoms with E-state index in [4.69, 9.17) is 15.0 Å². The fraction of sp³-hybridized carbons (Fsp3) is 0. The van der Waals surface area contributed by atoms with Crippen LogP contribution in [0.5, 0.6) is 0 Å². The van der Waals surface area contributed by atoms with Gasteiger partial charge in [-0.05, 0) is 64.2 Å². The Morgan fingerprint density at radius 3 is 1.55 bits per heavy atom. The van der Waals surface area contributed by atoms with Crippen LogP contribution in [0.4, 0.5) is 0 Å². The lowest BCUT2D eigenvalue weighted by Gasteiger charge is -2.16. The van der Waals surface area contributed by atoms with Crippen LogP contribution >= 0.6 is 11.3 Å². The first-order valence-corrected chi connectivity index (χ1v) is 21.7. The monoisotopic (exact) mass is 808 g/mol. The van der Waals surface area contributed by atoms with Crippen molar-refractivity contribution in [3.63, 3.8) is 0 Å². The Balaban J connectivity index is 1.12. The van der Waals surface area contributed by atoms with E-state index in [-0.39, 0.29) is 0 Å². The topological polar surface area (TPSA) is 43.6 Å². The first-order chi connectivity index (χ1) is 30.7. The van der Waals surface area contributed by atoms with Crippen molar-refractivity contribution in [2.75, 3.05) is 0 Å². The van der Waals surface area contributed by atoms with Gasteiger partial charge in [-0.25, -0.2) is 15.0 Å².